The quantitative estimate of drug-likeness (QED) is 0.806. The number of aryl methyl sites for hydroxylation is 3. The summed E-state index contributed by atoms with van der Waals surface area (Å²) in [6.07, 6.45) is -0.0173. The van der Waals surface area contributed by atoms with Gasteiger partial charge < -0.3 is 5.11 Å². The Hall–Kier alpha value is -2.69. The Labute approximate surface area is 128 Å². The van der Waals surface area contributed by atoms with Crippen LogP contribution in [-0.2, 0) is 11.2 Å². The maximum absolute atomic E-state index is 11.1. The van der Waals surface area contributed by atoms with Crippen molar-refractivity contribution in [2.75, 3.05) is 0 Å². The summed E-state index contributed by atoms with van der Waals surface area (Å²) in [5.74, 6) is -0.847. The first-order valence-electron chi connectivity index (χ1n) is 7.11. The molecule has 0 saturated carbocycles. The number of fused-ring (bicyclic) bond motifs is 1. The molecule has 22 heavy (non-hydrogen) atoms. The topological polar surface area (TPSA) is 68.0 Å². The summed E-state index contributed by atoms with van der Waals surface area (Å²) >= 11 is 0. The number of pyridine rings is 1. The molecule has 2 heterocycles. The molecule has 1 aromatic carbocycles. The van der Waals surface area contributed by atoms with Crippen LogP contribution in [0.2, 0.25) is 0 Å². The molecule has 0 saturated heterocycles. The number of carbonyl (C=O) groups is 1. The predicted octanol–water partition coefficient (Wildman–Crippen LogP) is 2.97. The summed E-state index contributed by atoms with van der Waals surface area (Å²) in [6.45, 7) is 5.72. The Balaban J connectivity index is 2.30. The molecule has 3 rings (SSSR count). The van der Waals surface area contributed by atoms with Gasteiger partial charge >= 0.3 is 5.97 Å². The van der Waals surface area contributed by atoms with Gasteiger partial charge in [0.15, 0.2) is 5.65 Å². The summed E-state index contributed by atoms with van der Waals surface area (Å²) in [4.78, 5) is 15.7. The van der Waals surface area contributed by atoms with E-state index in [0.717, 1.165) is 39.2 Å². The lowest BCUT2D eigenvalue weighted by Gasteiger charge is -2.10. The van der Waals surface area contributed by atoms with E-state index in [0.29, 0.717) is 0 Å². The molecule has 0 spiro atoms. The maximum Gasteiger partial charge on any atom is 0.307 e. The van der Waals surface area contributed by atoms with Crippen molar-refractivity contribution in [3.8, 4) is 5.69 Å². The minimum absolute atomic E-state index is 0.0173. The van der Waals surface area contributed by atoms with Crippen LogP contribution >= 0.6 is 0 Å². The zero-order valence-electron chi connectivity index (χ0n) is 12.8. The Morgan fingerprint density at radius 3 is 2.45 bits per heavy atom. The van der Waals surface area contributed by atoms with Crippen molar-refractivity contribution < 1.29 is 9.90 Å². The normalized spacial score (nSPS) is 11.0. The molecular formula is C17H17N3O2. The number of aliphatic carboxylic acids is 1. The number of para-hydroxylation sites is 1. The lowest BCUT2D eigenvalue weighted by Crippen LogP contribution is -2.07. The van der Waals surface area contributed by atoms with E-state index in [4.69, 9.17) is 5.11 Å². The zero-order chi connectivity index (χ0) is 15.9. The SMILES string of the molecule is Cc1nc2c(c(C)nn2-c2ccccc2)c(C)c1CC(=O)O. The van der Waals surface area contributed by atoms with Crippen molar-refractivity contribution in [3.63, 3.8) is 0 Å². The first-order valence-corrected chi connectivity index (χ1v) is 7.11. The van der Waals surface area contributed by atoms with E-state index in [2.05, 4.69) is 10.1 Å². The van der Waals surface area contributed by atoms with Crippen LogP contribution in [0.5, 0.6) is 0 Å². The molecule has 0 fully saturated rings. The predicted molar refractivity (Wildman–Crippen MR) is 84.4 cm³/mol. The van der Waals surface area contributed by atoms with Gasteiger partial charge in [0.1, 0.15) is 0 Å². The van der Waals surface area contributed by atoms with Gasteiger partial charge in [0.05, 0.1) is 17.8 Å². The van der Waals surface area contributed by atoms with Crippen LogP contribution < -0.4 is 0 Å². The highest BCUT2D eigenvalue weighted by atomic mass is 16.4. The molecule has 2 aromatic heterocycles. The highest BCUT2D eigenvalue weighted by molar-refractivity contribution is 5.86. The van der Waals surface area contributed by atoms with Crippen LogP contribution in [0.1, 0.15) is 22.5 Å². The molecule has 0 aliphatic heterocycles. The second-order valence-corrected chi connectivity index (χ2v) is 5.40. The molecule has 0 aliphatic rings. The molecule has 0 radical (unpaired) electrons. The lowest BCUT2D eigenvalue weighted by molar-refractivity contribution is -0.136. The van der Waals surface area contributed by atoms with Gasteiger partial charge in [0.25, 0.3) is 0 Å². The van der Waals surface area contributed by atoms with Gasteiger partial charge in [-0.2, -0.15) is 5.10 Å². The third-order valence-electron chi connectivity index (χ3n) is 3.90. The Bertz CT molecular complexity index is 867. The number of carboxylic acids is 1. The summed E-state index contributed by atoms with van der Waals surface area (Å²) < 4.78 is 1.81. The summed E-state index contributed by atoms with van der Waals surface area (Å²) in [7, 11) is 0. The minimum Gasteiger partial charge on any atom is -0.481 e. The summed E-state index contributed by atoms with van der Waals surface area (Å²) in [5.41, 5.74) is 5.03. The van der Waals surface area contributed by atoms with Crippen LogP contribution in [0.25, 0.3) is 16.7 Å². The van der Waals surface area contributed by atoms with Gasteiger partial charge in [0, 0.05) is 11.1 Å². The number of nitrogens with zero attached hydrogens (tertiary/aromatic N) is 3. The number of benzene rings is 1. The molecule has 5 heteroatoms. The maximum atomic E-state index is 11.1. The Morgan fingerprint density at radius 1 is 1.14 bits per heavy atom. The monoisotopic (exact) mass is 295 g/mol. The summed E-state index contributed by atoms with van der Waals surface area (Å²) in [5, 5.41) is 14.6. The van der Waals surface area contributed by atoms with Gasteiger partial charge in [-0.1, -0.05) is 18.2 Å². The van der Waals surface area contributed by atoms with E-state index in [1.165, 1.54) is 0 Å². The second kappa shape index (κ2) is 5.26. The first kappa shape index (κ1) is 14.3. The van der Waals surface area contributed by atoms with E-state index < -0.39 is 5.97 Å². The van der Waals surface area contributed by atoms with Crippen LogP contribution in [0.4, 0.5) is 0 Å². The molecular weight excluding hydrogens is 278 g/mol. The molecule has 0 amide bonds. The molecule has 5 nitrogen and oxygen atoms in total. The van der Waals surface area contributed by atoms with Gasteiger partial charge in [-0.15, -0.1) is 0 Å². The van der Waals surface area contributed by atoms with Crippen LogP contribution in [0.15, 0.2) is 30.3 Å². The van der Waals surface area contributed by atoms with Crippen LogP contribution in [-0.4, -0.2) is 25.8 Å². The van der Waals surface area contributed by atoms with Crippen molar-refractivity contribution in [1.29, 1.82) is 0 Å². The number of hydrogen-bond acceptors (Lipinski definition) is 3. The molecule has 1 N–H and O–H groups in total. The molecule has 0 aliphatic carbocycles. The Kier molecular flexibility index (Phi) is 3.41. The third kappa shape index (κ3) is 2.24. The number of rotatable bonds is 3. The average molecular weight is 295 g/mol. The molecule has 0 unspecified atom stereocenters. The van der Waals surface area contributed by atoms with E-state index in [1.807, 2.05) is 55.8 Å². The van der Waals surface area contributed by atoms with E-state index >= 15 is 0 Å². The van der Waals surface area contributed by atoms with Crippen molar-refractivity contribution >= 4 is 17.0 Å². The Morgan fingerprint density at radius 2 is 1.82 bits per heavy atom. The van der Waals surface area contributed by atoms with Gasteiger partial charge in [-0.3, -0.25) is 4.79 Å². The van der Waals surface area contributed by atoms with Gasteiger partial charge in [0.2, 0.25) is 0 Å². The smallest absolute Gasteiger partial charge is 0.307 e. The third-order valence-corrected chi connectivity index (χ3v) is 3.90. The van der Waals surface area contributed by atoms with Crippen molar-refractivity contribution in [2.45, 2.75) is 27.2 Å². The highest BCUT2D eigenvalue weighted by Gasteiger charge is 2.18. The van der Waals surface area contributed by atoms with Crippen molar-refractivity contribution in [2.24, 2.45) is 0 Å². The van der Waals surface area contributed by atoms with Crippen LogP contribution in [0, 0.1) is 20.8 Å². The van der Waals surface area contributed by atoms with Crippen LogP contribution in [0.3, 0.4) is 0 Å². The molecule has 112 valence electrons. The second-order valence-electron chi connectivity index (χ2n) is 5.40. The molecule has 3 aromatic rings. The number of hydrogen-bond donors (Lipinski definition) is 1. The fraction of sp³-hybridized carbons (Fsp3) is 0.235. The molecule has 0 bridgehead atoms. The fourth-order valence-corrected chi connectivity index (χ4v) is 2.87. The number of aromatic nitrogens is 3. The molecule has 0 atom stereocenters. The number of carboxylic acid groups (broad SMARTS) is 1. The largest absolute Gasteiger partial charge is 0.481 e. The fourth-order valence-electron chi connectivity index (χ4n) is 2.87. The standard InChI is InChI=1S/C17H17N3O2/c1-10-14(9-15(21)22)11(2)18-17-16(10)12(3)19-20(17)13-7-5-4-6-8-13/h4-8H,9H2,1-3H3,(H,21,22). The van der Waals surface area contributed by atoms with E-state index in [1.54, 1.807) is 0 Å². The average Bonchev–Trinajstić information content (AvgIpc) is 2.81. The van der Waals surface area contributed by atoms with Gasteiger partial charge in [-0.25, -0.2) is 9.67 Å². The van der Waals surface area contributed by atoms with E-state index in [9.17, 15) is 4.79 Å². The highest BCUT2D eigenvalue weighted by Crippen LogP contribution is 2.27. The first-order chi connectivity index (χ1) is 10.5. The zero-order valence-corrected chi connectivity index (χ0v) is 12.8. The van der Waals surface area contributed by atoms with Crippen molar-refractivity contribution in [1.82, 2.24) is 14.8 Å². The van der Waals surface area contributed by atoms with E-state index in [-0.39, 0.29) is 6.42 Å². The summed E-state index contributed by atoms with van der Waals surface area (Å²) in [6, 6.07) is 9.82. The lowest BCUT2D eigenvalue weighted by atomic mass is 10.0. The minimum atomic E-state index is -0.847. The van der Waals surface area contributed by atoms with Crippen molar-refractivity contribution in [3.05, 3.63) is 52.8 Å². The van der Waals surface area contributed by atoms with Gasteiger partial charge in [-0.05, 0) is 44.0 Å².